The highest BCUT2D eigenvalue weighted by Gasteiger charge is 2.60. The highest BCUT2D eigenvalue weighted by molar-refractivity contribution is 6.02. The number of hydrogen-bond donors (Lipinski definition) is 1. The first kappa shape index (κ1) is 12.0. The van der Waals surface area contributed by atoms with Crippen molar-refractivity contribution in [3.05, 3.63) is 22.8 Å². The summed E-state index contributed by atoms with van der Waals surface area (Å²) in [5, 5.41) is 16.1. The van der Waals surface area contributed by atoms with Crippen LogP contribution in [0.5, 0.6) is 0 Å². The Morgan fingerprint density at radius 2 is 2.42 bits per heavy atom. The summed E-state index contributed by atoms with van der Waals surface area (Å²) in [4.78, 5) is 15.9. The lowest BCUT2D eigenvalue weighted by Gasteiger charge is -2.35. The minimum atomic E-state index is -0.0571. The predicted octanol–water partition coefficient (Wildman–Crippen LogP) is 2.43. The third kappa shape index (κ3) is 1.54. The third-order valence-corrected chi connectivity index (χ3v) is 4.79. The van der Waals surface area contributed by atoms with Crippen molar-refractivity contribution in [3.63, 3.8) is 0 Å². The third-order valence-electron chi connectivity index (χ3n) is 4.79. The minimum absolute atomic E-state index is 0.000911. The lowest BCUT2D eigenvalue weighted by atomic mass is 9.66. The summed E-state index contributed by atoms with van der Waals surface area (Å²) in [6, 6.07) is 2.05. The van der Waals surface area contributed by atoms with E-state index in [1.54, 1.807) is 6.21 Å². The average Bonchev–Trinajstić information content (AvgIpc) is 3.15. The number of nitrogens with one attached hydrogen (secondary N) is 1. The minimum Gasteiger partial charge on any atom is -0.293 e. The van der Waals surface area contributed by atoms with E-state index in [0.29, 0.717) is 11.5 Å². The van der Waals surface area contributed by atoms with Crippen molar-refractivity contribution in [2.24, 2.45) is 22.2 Å². The van der Waals surface area contributed by atoms with E-state index >= 15 is 0 Å². The zero-order valence-corrected chi connectivity index (χ0v) is 10.8. The maximum Gasteiger partial charge on any atom is 0.176 e. The number of carbonyl (C=O) groups is 1. The summed E-state index contributed by atoms with van der Waals surface area (Å²) in [5.41, 5.74) is 2.78. The number of rotatable bonds is 2. The van der Waals surface area contributed by atoms with Gasteiger partial charge in [0.25, 0.3) is 0 Å². The smallest absolute Gasteiger partial charge is 0.176 e. The lowest BCUT2D eigenvalue weighted by molar-refractivity contribution is -0.121. The van der Waals surface area contributed by atoms with E-state index in [9.17, 15) is 4.79 Å². The Labute approximate surface area is 112 Å². The van der Waals surface area contributed by atoms with Crippen LogP contribution >= 0.6 is 0 Å². The maximum atomic E-state index is 12.1. The fraction of sp³-hybridized carbons (Fsp3) is 0.467. The first-order chi connectivity index (χ1) is 9.14. The molecule has 1 spiro atoms. The zero-order valence-electron chi connectivity index (χ0n) is 10.8. The van der Waals surface area contributed by atoms with E-state index in [-0.39, 0.29) is 17.1 Å². The molecule has 3 aliphatic rings. The molecule has 0 bridgehead atoms. The van der Waals surface area contributed by atoms with Crippen molar-refractivity contribution in [3.8, 4) is 6.07 Å². The van der Waals surface area contributed by atoms with Gasteiger partial charge in [-0.05, 0) is 30.8 Å². The molecule has 96 valence electrons. The molecule has 4 nitrogen and oxygen atoms in total. The Kier molecular flexibility index (Phi) is 2.53. The van der Waals surface area contributed by atoms with Gasteiger partial charge in [0.05, 0.1) is 5.57 Å². The van der Waals surface area contributed by atoms with Gasteiger partial charge < -0.3 is 0 Å². The SMILES string of the molecule is C[C@H]1C(=O)C(C#N)=C[C@@]23CC2=C(/C=N\C=N)CC[C@H]13. The summed E-state index contributed by atoms with van der Waals surface area (Å²) in [5.74, 6) is 0.281. The molecule has 0 saturated heterocycles. The second-order valence-corrected chi connectivity index (χ2v) is 5.60. The fourth-order valence-corrected chi connectivity index (χ4v) is 3.79. The Bertz CT molecular complexity index is 605. The molecule has 0 aromatic carbocycles. The molecule has 0 heterocycles. The van der Waals surface area contributed by atoms with Gasteiger partial charge in [0.1, 0.15) is 12.4 Å². The van der Waals surface area contributed by atoms with Gasteiger partial charge in [-0.15, -0.1) is 0 Å². The van der Waals surface area contributed by atoms with Crippen LogP contribution in [0.1, 0.15) is 26.2 Å². The summed E-state index contributed by atoms with van der Waals surface area (Å²) in [6.07, 6.45) is 7.52. The average molecular weight is 253 g/mol. The van der Waals surface area contributed by atoms with Crippen molar-refractivity contribution >= 4 is 18.3 Å². The van der Waals surface area contributed by atoms with Crippen LogP contribution in [-0.2, 0) is 4.79 Å². The molecule has 1 fully saturated rings. The number of allylic oxidation sites excluding steroid dienone is 4. The van der Waals surface area contributed by atoms with Crippen LogP contribution in [0.3, 0.4) is 0 Å². The van der Waals surface area contributed by atoms with E-state index in [2.05, 4.69) is 4.99 Å². The van der Waals surface area contributed by atoms with Crippen molar-refractivity contribution in [2.75, 3.05) is 0 Å². The number of nitriles is 1. The van der Waals surface area contributed by atoms with Crippen LogP contribution in [0.2, 0.25) is 0 Å². The molecular weight excluding hydrogens is 238 g/mol. The van der Waals surface area contributed by atoms with Gasteiger partial charge >= 0.3 is 0 Å². The quantitative estimate of drug-likeness (QED) is 0.606. The summed E-state index contributed by atoms with van der Waals surface area (Å²) < 4.78 is 0. The summed E-state index contributed by atoms with van der Waals surface area (Å²) in [7, 11) is 0. The standard InChI is InChI=1S/C15H15N3O/c1-9-12-3-2-10(7-18-8-17)13-5-15(12,13)4-11(6-16)14(9)19/h4,7-9,12,17H,2-3,5H2,1H3/b17-8?,18-7-/t9-,12-,15+/m1/s1. The van der Waals surface area contributed by atoms with Crippen LogP contribution in [0.15, 0.2) is 27.8 Å². The molecule has 0 aromatic rings. The monoisotopic (exact) mass is 253 g/mol. The Hall–Kier alpha value is -2.02. The van der Waals surface area contributed by atoms with Crippen LogP contribution in [-0.4, -0.2) is 18.3 Å². The second kappa shape index (κ2) is 3.99. The highest BCUT2D eigenvalue weighted by atomic mass is 16.1. The molecule has 3 atom stereocenters. The molecule has 3 rings (SSSR count). The van der Waals surface area contributed by atoms with Crippen molar-refractivity contribution in [1.82, 2.24) is 0 Å². The summed E-state index contributed by atoms with van der Waals surface area (Å²) >= 11 is 0. The Morgan fingerprint density at radius 1 is 1.63 bits per heavy atom. The molecule has 0 aliphatic heterocycles. The number of ketones is 1. The van der Waals surface area contributed by atoms with Crippen LogP contribution in [0.4, 0.5) is 0 Å². The van der Waals surface area contributed by atoms with E-state index < -0.39 is 0 Å². The zero-order chi connectivity index (χ0) is 13.6. The predicted molar refractivity (Wildman–Crippen MR) is 71.9 cm³/mol. The van der Waals surface area contributed by atoms with Gasteiger partial charge in [0.2, 0.25) is 0 Å². The largest absolute Gasteiger partial charge is 0.293 e. The summed E-state index contributed by atoms with van der Waals surface area (Å²) in [6.45, 7) is 1.95. The highest BCUT2D eigenvalue weighted by Crippen LogP contribution is 2.67. The van der Waals surface area contributed by atoms with E-state index in [4.69, 9.17) is 10.7 Å². The van der Waals surface area contributed by atoms with Gasteiger partial charge in [-0.25, -0.2) is 4.99 Å². The van der Waals surface area contributed by atoms with Crippen LogP contribution in [0, 0.1) is 34.0 Å². The first-order valence-electron chi connectivity index (χ1n) is 6.56. The molecule has 19 heavy (non-hydrogen) atoms. The molecule has 3 aliphatic carbocycles. The molecule has 0 amide bonds. The van der Waals surface area contributed by atoms with Crippen LogP contribution in [0.25, 0.3) is 0 Å². The maximum absolute atomic E-state index is 12.1. The van der Waals surface area contributed by atoms with Gasteiger partial charge in [0, 0.05) is 17.5 Å². The van der Waals surface area contributed by atoms with Crippen molar-refractivity contribution < 1.29 is 4.79 Å². The van der Waals surface area contributed by atoms with E-state index in [0.717, 1.165) is 25.6 Å². The molecule has 0 aromatic heterocycles. The van der Waals surface area contributed by atoms with E-state index in [1.807, 2.05) is 19.1 Å². The first-order valence-corrected chi connectivity index (χ1v) is 6.56. The van der Waals surface area contributed by atoms with Crippen LogP contribution < -0.4 is 0 Å². The Balaban J connectivity index is 2.06. The van der Waals surface area contributed by atoms with Gasteiger partial charge in [-0.1, -0.05) is 18.6 Å². The molecule has 0 unspecified atom stereocenters. The van der Waals surface area contributed by atoms with Gasteiger partial charge in [-0.3, -0.25) is 10.2 Å². The number of carbonyl (C=O) groups excluding carboxylic acids is 1. The van der Waals surface area contributed by atoms with Gasteiger partial charge in [0.15, 0.2) is 5.78 Å². The normalized spacial score (nSPS) is 36.4. The van der Waals surface area contributed by atoms with Crippen molar-refractivity contribution in [2.45, 2.75) is 26.2 Å². The number of hydrogen-bond acceptors (Lipinski definition) is 3. The fourth-order valence-electron chi connectivity index (χ4n) is 3.79. The van der Waals surface area contributed by atoms with Gasteiger partial charge in [-0.2, -0.15) is 5.26 Å². The Morgan fingerprint density at radius 3 is 3.11 bits per heavy atom. The molecule has 1 N–H and O–H groups in total. The number of nitrogens with zero attached hydrogens (tertiary/aromatic N) is 2. The lowest BCUT2D eigenvalue weighted by Crippen LogP contribution is -2.35. The topological polar surface area (TPSA) is 77.1 Å². The number of Topliss-reactive ketones (excluding diaryl/α,β-unsaturated/α-hetero) is 1. The molecule has 0 radical (unpaired) electrons. The molecule has 4 heteroatoms. The van der Waals surface area contributed by atoms with E-state index in [1.165, 1.54) is 11.1 Å². The second-order valence-electron chi connectivity index (χ2n) is 5.60. The van der Waals surface area contributed by atoms with Crippen molar-refractivity contribution in [1.29, 1.82) is 10.7 Å². The molecule has 1 saturated carbocycles. The molecular formula is C15H15N3O. The number of aliphatic imine (C=N–C) groups is 1.